The minimum absolute atomic E-state index is 0.0667. The van der Waals surface area contributed by atoms with Crippen LogP contribution in [0.2, 0.25) is 0 Å². The van der Waals surface area contributed by atoms with Gasteiger partial charge in [0.25, 0.3) is 11.8 Å². The maximum absolute atomic E-state index is 12.4. The quantitative estimate of drug-likeness (QED) is 0.731. The Bertz CT molecular complexity index is 888. The van der Waals surface area contributed by atoms with E-state index in [1.807, 2.05) is 55.5 Å². The molecule has 3 aromatic rings. The van der Waals surface area contributed by atoms with Crippen molar-refractivity contribution in [3.8, 4) is 11.5 Å². The highest BCUT2D eigenvalue weighted by Crippen LogP contribution is 2.23. The van der Waals surface area contributed by atoms with Gasteiger partial charge in [0.1, 0.15) is 0 Å². The molecule has 0 atom stereocenters. The number of aromatic nitrogens is 2. The predicted molar refractivity (Wildman–Crippen MR) is 102 cm³/mol. The lowest BCUT2D eigenvalue weighted by molar-refractivity contribution is 0.102. The van der Waals surface area contributed by atoms with E-state index in [0.717, 1.165) is 12.0 Å². The number of nitrogens with zero attached hydrogens (tertiary/aromatic N) is 2. The third-order valence-corrected chi connectivity index (χ3v) is 4.19. The van der Waals surface area contributed by atoms with Gasteiger partial charge in [-0.2, -0.15) is 4.98 Å². The molecule has 3 rings (SSSR count). The fourth-order valence-electron chi connectivity index (χ4n) is 2.54. The third-order valence-electron chi connectivity index (χ3n) is 4.19. The highest BCUT2D eigenvalue weighted by molar-refractivity contribution is 6.04. The molecule has 0 bridgehead atoms. The molecule has 0 saturated heterocycles. The van der Waals surface area contributed by atoms with Crippen LogP contribution in [0.15, 0.2) is 53.1 Å². The van der Waals surface area contributed by atoms with E-state index in [1.54, 1.807) is 0 Å². The molecule has 0 fully saturated rings. The van der Waals surface area contributed by atoms with Crippen LogP contribution in [0.1, 0.15) is 49.4 Å². The van der Waals surface area contributed by atoms with Gasteiger partial charge in [0.2, 0.25) is 0 Å². The maximum atomic E-state index is 12.4. The van der Waals surface area contributed by atoms with Crippen molar-refractivity contribution < 1.29 is 9.32 Å². The van der Waals surface area contributed by atoms with E-state index < -0.39 is 0 Å². The van der Waals surface area contributed by atoms with Crippen LogP contribution in [-0.4, -0.2) is 16.0 Å². The van der Waals surface area contributed by atoms with Gasteiger partial charge in [-0.3, -0.25) is 4.79 Å². The van der Waals surface area contributed by atoms with Gasteiger partial charge in [-0.25, -0.2) is 0 Å². The van der Waals surface area contributed by atoms with Crippen LogP contribution in [-0.2, 0) is 11.8 Å². The summed E-state index contributed by atoms with van der Waals surface area (Å²) in [5.74, 6) is 1.03. The molecule has 0 aliphatic heterocycles. The van der Waals surface area contributed by atoms with Crippen molar-refractivity contribution in [2.24, 2.45) is 0 Å². The van der Waals surface area contributed by atoms with Crippen molar-refractivity contribution in [3.63, 3.8) is 0 Å². The largest absolute Gasteiger partial charge is 0.334 e. The maximum Gasteiger partial charge on any atom is 0.257 e. The monoisotopic (exact) mass is 349 g/mol. The fourth-order valence-corrected chi connectivity index (χ4v) is 2.54. The summed E-state index contributed by atoms with van der Waals surface area (Å²) in [6, 6.07) is 15.1. The highest BCUT2D eigenvalue weighted by atomic mass is 16.5. The Morgan fingerprint density at radius 3 is 2.23 bits per heavy atom. The SMILES string of the molecule is CCc1noc(-c2ccc(NC(=O)c3ccc(C(C)(C)C)cc3)cc2)n1. The summed E-state index contributed by atoms with van der Waals surface area (Å²) in [6.45, 7) is 8.42. The van der Waals surface area contributed by atoms with Crippen molar-refractivity contribution in [3.05, 3.63) is 65.5 Å². The summed E-state index contributed by atoms with van der Waals surface area (Å²) >= 11 is 0. The summed E-state index contributed by atoms with van der Waals surface area (Å²) < 4.78 is 5.22. The van der Waals surface area contributed by atoms with E-state index in [1.165, 1.54) is 5.56 Å². The molecule has 1 N–H and O–H groups in total. The number of carbonyl (C=O) groups excluding carboxylic acids is 1. The van der Waals surface area contributed by atoms with Crippen molar-refractivity contribution in [2.45, 2.75) is 39.5 Å². The smallest absolute Gasteiger partial charge is 0.257 e. The number of nitrogens with one attached hydrogen (secondary N) is 1. The normalized spacial score (nSPS) is 11.4. The Balaban J connectivity index is 1.69. The summed E-state index contributed by atoms with van der Waals surface area (Å²) in [4.78, 5) is 16.7. The molecular weight excluding hydrogens is 326 g/mol. The molecule has 0 aliphatic rings. The van der Waals surface area contributed by atoms with Crippen LogP contribution in [0.25, 0.3) is 11.5 Å². The van der Waals surface area contributed by atoms with Gasteiger partial charge in [-0.15, -0.1) is 0 Å². The van der Waals surface area contributed by atoms with E-state index in [4.69, 9.17) is 4.52 Å². The summed E-state index contributed by atoms with van der Waals surface area (Å²) in [7, 11) is 0. The summed E-state index contributed by atoms with van der Waals surface area (Å²) in [6.07, 6.45) is 0.728. The molecule has 1 heterocycles. The first-order valence-electron chi connectivity index (χ1n) is 8.72. The zero-order valence-corrected chi connectivity index (χ0v) is 15.5. The van der Waals surface area contributed by atoms with Crippen LogP contribution in [0.3, 0.4) is 0 Å². The van der Waals surface area contributed by atoms with E-state index >= 15 is 0 Å². The van der Waals surface area contributed by atoms with E-state index in [2.05, 4.69) is 36.2 Å². The second-order valence-electron chi connectivity index (χ2n) is 7.23. The van der Waals surface area contributed by atoms with Crippen LogP contribution in [0, 0.1) is 0 Å². The number of hydrogen-bond donors (Lipinski definition) is 1. The Hall–Kier alpha value is -2.95. The molecule has 0 aliphatic carbocycles. The lowest BCUT2D eigenvalue weighted by Gasteiger charge is -2.19. The topological polar surface area (TPSA) is 68.0 Å². The van der Waals surface area contributed by atoms with Gasteiger partial charge in [0, 0.05) is 23.2 Å². The minimum Gasteiger partial charge on any atom is -0.334 e. The van der Waals surface area contributed by atoms with Gasteiger partial charge in [0.05, 0.1) is 0 Å². The molecule has 0 spiro atoms. The number of benzene rings is 2. The number of aryl methyl sites for hydroxylation is 1. The average Bonchev–Trinajstić information content (AvgIpc) is 3.11. The number of hydrogen-bond acceptors (Lipinski definition) is 4. The van der Waals surface area contributed by atoms with E-state index in [0.29, 0.717) is 23.0 Å². The standard InChI is InChI=1S/C21H23N3O2/c1-5-18-23-20(26-24-18)15-8-12-17(13-9-15)22-19(25)14-6-10-16(11-7-14)21(2,3)4/h6-13H,5H2,1-4H3,(H,22,25). The Morgan fingerprint density at radius 1 is 1.04 bits per heavy atom. The summed E-state index contributed by atoms with van der Waals surface area (Å²) in [5, 5.41) is 6.80. The number of anilines is 1. The molecule has 1 amide bonds. The zero-order valence-electron chi connectivity index (χ0n) is 15.5. The molecule has 0 radical (unpaired) electrons. The third kappa shape index (κ3) is 3.99. The first-order valence-corrected chi connectivity index (χ1v) is 8.72. The lowest BCUT2D eigenvalue weighted by atomic mass is 9.87. The molecule has 1 aromatic heterocycles. The molecule has 0 unspecified atom stereocenters. The first kappa shape index (κ1) is 17.9. The van der Waals surface area contributed by atoms with Gasteiger partial charge >= 0.3 is 0 Å². The zero-order chi connectivity index (χ0) is 18.7. The summed E-state index contributed by atoms with van der Waals surface area (Å²) in [5.41, 5.74) is 3.44. The second-order valence-corrected chi connectivity index (χ2v) is 7.23. The van der Waals surface area contributed by atoms with Crippen LogP contribution < -0.4 is 5.32 Å². The van der Waals surface area contributed by atoms with E-state index in [9.17, 15) is 4.79 Å². The van der Waals surface area contributed by atoms with Crippen LogP contribution >= 0.6 is 0 Å². The second kappa shape index (κ2) is 7.12. The number of carbonyl (C=O) groups is 1. The number of rotatable bonds is 4. The van der Waals surface area contributed by atoms with Crippen molar-refractivity contribution >= 4 is 11.6 Å². The molecule has 5 nitrogen and oxygen atoms in total. The molecule has 5 heteroatoms. The fraction of sp³-hybridized carbons (Fsp3) is 0.286. The van der Waals surface area contributed by atoms with Gasteiger partial charge in [-0.1, -0.05) is 45.0 Å². The van der Waals surface area contributed by atoms with Crippen molar-refractivity contribution in [2.75, 3.05) is 5.32 Å². The molecular formula is C21H23N3O2. The van der Waals surface area contributed by atoms with E-state index in [-0.39, 0.29) is 11.3 Å². The van der Waals surface area contributed by atoms with Gasteiger partial charge < -0.3 is 9.84 Å². The molecule has 0 saturated carbocycles. The Morgan fingerprint density at radius 2 is 1.69 bits per heavy atom. The molecule has 134 valence electrons. The number of amides is 1. The molecule has 26 heavy (non-hydrogen) atoms. The van der Waals surface area contributed by atoms with Crippen molar-refractivity contribution in [1.29, 1.82) is 0 Å². The first-order chi connectivity index (χ1) is 12.4. The van der Waals surface area contributed by atoms with Crippen LogP contribution in [0.4, 0.5) is 5.69 Å². The van der Waals surface area contributed by atoms with Crippen molar-refractivity contribution in [1.82, 2.24) is 10.1 Å². The average molecular weight is 349 g/mol. The minimum atomic E-state index is -0.135. The Kier molecular flexibility index (Phi) is 4.89. The lowest BCUT2D eigenvalue weighted by Crippen LogP contribution is -2.14. The van der Waals surface area contributed by atoms with Crippen LogP contribution in [0.5, 0.6) is 0 Å². The molecule has 2 aromatic carbocycles. The predicted octanol–water partition coefficient (Wildman–Crippen LogP) is 4.85. The Labute approximate surface area is 153 Å². The van der Waals surface area contributed by atoms with Gasteiger partial charge in [0.15, 0.2) is 5.82 Å². The van der Waals surface area contributed by atoms with Gasteiger partial charge in [-0.05, 0) is 47.4 Å². The highest BCUT2D eigenvalue weighted by Gasteiger charge is 2.14.